The molecular formula is C18H20N10O2S2. The second kappa shape index (κ2) is 9.58. The molecule has 0 saturated carbocycles. The normalized spacial score (nSPS) is 11.5. The van der Waals surface area contributed by atoms with E-state index in [2.05, 4.69) is 35.5 Å². The van der Waals surface area contributed by atoms with Crippen LogP contribution in [0.1, 0.15) is 11.3 Å². The number of thioether (sulfide) groups is 1. The number of hydrogen-bond donors (Lipinski definition) is 0. The number of nitro benzene ring substituents is 1. The van der Waals surface area contributed by atoms with Crippen LogP contribution in [0.15, 0.2) is 45.7 Å². The van der Waals surface area contributed by atoms with Gasteiger partial charge >= 0.3 is 0 Å². The van der Waals surface area contributed by atoms with E-state index in [1.807, 2.05) is 27.1 Å². The molecule has 0 bridgehead atoms. The number of para-hydroxylation sites is 1. The van der Waals surface area contributed by atoms with Crippen molar-refractivity contribution in [2.24, 2.45) is 0 Å². The molecule has 0 spiro atoms. The van der Waals surface area contributed by atoms with Crippen LogP contribution in [0.3, 0.4) is 0 Å². The zero-order valence-electron chi connectivity index (χ0n) is 17.6. The predicted octanol–water partition coefficient (Wildman–Crippen LogP) is 2.33. The highest BCUT2D eigenvalue weighted by Crippen LogP contribution is 2.29. The van der Waals surface area contributed by atoms with Gasteiger partial charge in [-0.25, -0.2) is 9.67 Å². The van der Waals surface area contributed by atoms with Crippen molar-refractivity contribution in [3.8, 4) is 0 Å². The maximum Gasteiger partial charge on any atom is 0.273 e. The predicted molar refractivity (Wildman–Crippen MR) is 119 cm³/mol. The van der Waals surface area contributed by atoms with Gasteiger partial charge < -0.3 is 4.90 Å². The Bertz CT molecular complexity index is 1260. The van der Waals surface area contributed by atoms with E-state index in [0.29, 0.717) is 34.0 Å². The van der Waals surface area contributed by atoms with Gasteiger partial charge in [-0.2, -0.15) is 9.50 Å². The monoisotopic (exact) mass is 472 g/mol. The molecule has 3 aromatic heterocycles. The topological polar surface area (TPSA) is 133 Å². The van der Waals surface area contributed by atoms with Gasteiger partial charge in [-0.05, 0) is 49.3 Å². The summed E-state index contributed by atoms with van der Waals surface area (Å²) in [5, 5.41) is 29.7. The maximum atomic E-state index is 11.2. The molecule has 1 aromatic carbocycles. The van der Waals surface area contributed by atoms with E-state index < -0.39 is 0 Å². The van der Waals surface area contributed by atoms with Gasteiger partial charge in [-0.15, -0.1) is 10.2 Å². The standard InChI is InChI=1S/C18H20N10O2S2/c1-12-10-15(32-18-21-23-24-26(18)9-8-25(2)3)27-16(19-12)20-17(22-27)31-11-13-6-4-5-7-14(13)28(29)30/h4-7,10H,8-9,11H2,1-3H3. The molecule has 4 aromatic rings. The first-order valence-electron chi connectivity index (χ1n) is 9.59. The summed E-state index contributed by atoms with van der Waals surface area (Å²) in [4.78, 5) is 21.9. The number of aromatic nitrogens is 8. The number of likely N-dealkylation sites (N-methyl/N-ethyl adjacent to an activating group) is 1. The molecule has 4 rings (SSSR count). The van der Waals surface area contributed by atoms with Gasteiger partial charge in [0.2, 0.25) is 10.3 Å². The molecule has 166 valence electrons. The Morgan fingerprint density at radius 1 is 1.22 bits per heavy atom. The lowest BCUT2D eigenvalue weighted by atomic mass is 10.2. The second-order valence-corrected chi connectivity index (χ2v) is 9.04. The molecular weight excluding hydrogens is 452 g/mol. The smallest absolute Gasteiger partial charge is 0.273 e. The van der Waals surface area contributed by atoms with Crippen LogP contribution in [-0.2, 0) is 12.3 Å². The minimum Gasteiger partial charge on any atom is -0.308 e. The number of aryl methyl sites for hydroxylation is 1. The van der Waals surface area contributed by atoms with Crippen molar-refractivity contribution in [1.29, 1.82) is 0 Å². The number of nitro groups is 1. The second-order valence-electron chi connectivity index (χ2n) is 7.11. The summed E-state index contributed by atoms with van der Waals surface area (Å²) in [5.41, 5.74) is 1.48. The Morgan fingerprint density at radius 3 is 2.81 bits per heavy atom. The third-order valence-electron chi connectivity index (χ3n) is 4.39. The third kappa shape index (κ3) is 5.03. The van der Waals surface area contributed by atoms with E-state index in [0.717, 1.165) is 17.3 Å². The molecule has 3 heterocycles. The zero-order valence-corrected chi connectivity index (χ0v) is 19.2. The highest BCUT2D eigenvalue weighted by Gasteiger charge is 2.17. The summed E-state index contributed by atoms with van der Waals surface area (Å²) >= 11 is 2.70. The van der Waals surface area contributed by atoms with Crippen LogP contribution in [0.5, 0.6) is 0 Å². The van der Waals surface area contributed by atoms with Gasteiger partial charge in [0, 0.05) is 29.6 Å². The maximum absolute atomic E-state index is 11.2. The fourth-order valence-electron chi connectivity index (χ4n) is 2.82. The largest absolute Gasteiger partial charge is 0.308 e. The molecule has 32 heavy (non-hydrogen) atoms. The number of fused-ring (bicyclic) bond motifs is 1. The number of rotatable bonds is 9. The quantitative estimate of drug-likeness (QED) is 0.154. The van der Waals surface area contributed by atoms with Crippen LogP contribution >= 0.6 is 23.5 Å². The van der Waals surface area contributed by atoms with Gasteiger partial charge in [0.15, 0.2) is 0 Å². The van der Waals surface area contributed by atoms with Crippen LogP contribution in [0, 0.1) is 17.0 Å². The van der Waals surface area contributed by atoms with E-state index >= 15 is 0 Å². The average Bonchev–Trinajstić information content (AvgIpc) is 3.37. The summed E-state index contributed by atoms with van der Waals surface area (Å²) < 4.78 is 3.39. The van der Waals surface area contributed by atoms with E-state index in [9.17, 15) is 10.1 Å². The highest BCUT2D eigenvalue weighted by atomic mass is 32.2. The lowest BCUT2D eigenvalue weighted by Crippen LogP contribution is -2.19. The third-order valence-corrected chi connectivity index (χ3v) is 6.25. The van der Waals surface area contributed by atoms with Gasteiger partial charge in [0.25, 0.3) is 11.5 Å². The highest BCUT2D eigenvalue weighted by molar-refractivity contribution is 7.99. The van der Waals surface area contributed by atoms with Crippen molar-refractivity contribution in [2.75, 3.05) is 20.6 Å². The lowest BCUT2D eigenvalue weighted by Gasteiger charge is -2.10. The molecule has 0 aliphatic heterocycles. The number of benzene rings is 1. The van der Waals surface area contributed by atoms with Crippen molar-refractivity contribution >= 4 is 35.0 Å². The summed E-state index contributed by atoms with van der Waals surface area (Å²) in [6, 6.07) is 8.55. The summed E-state index contributed by atoms with van der Waals surface area (Å²) in [7, 11) is 3.98. The molecule has 0 N–H and O–H groups in total. The minimum absolute atomic E-state index is 0.0820. The molecule has 0 fully saturated rings. The van der Waals surface area contributed by atoms with Crippen LogP contribution in [0.4, 0.5) is 5.69 Å². The van der Waals surface area contributed by atoms with E-state index in [1.165, 1.54) is 29.6 Å². The molecule has 0 amide bonds. The summed E-state index contributed by atoms with van der Waals surface area (Å²) in [5.74, 6) is 0.822. The summed E-state index contributed by atoms with van der Waals surface area (Å²) in [6.07, 6.45) is 0. The van der Waals surface area contributed by atoms with Gasteiger partial charge in [-0.1, -0.05) is 30.0 Å². The van der Waals surface area contributed by atoms with Gasteiger partial charge in [0.05, 0.1) is 11.5 Å². The first-order chi connectivity index (χ1) is 15.4. The minimum atomic E-state index is -0.382. The number of hydrogen-bond acceptors (Lipinski definition) is 11. The molecule has 14 heteroatoms. The molecule has 0 radical (unpaired) electrons. The van der Waals surface area contributed by atoms with Crippen LogP contribution in [-0.4, -0.2) is 70.3 Å². The van der Waals surface area contributed by atoms with E-state index in [4.69, 9.17) is 0 Å². The fourth-order valence-corrected chi connectivity index (χ4v) is 4.57. The molecule has 0 aliphatic carbocycles. The number of nitrogens with zero attached hydrogens (tertiary/aromatic N) is 10. The van der Waals surface area contributed by atoms with E-state index in [-0.39, 0.29) is 10.6 Å². The molecule has 12 nitrogen and oxygen atoms in total. The van der Waals surface area contributed by atoms with Gasteiger partial charge in [-0.3, -0.25) is 10.1 Å². The molecule has 0 saturated heterocycles. The van der Waals surface area contributed by atoms with Crippen molar-refractivity contribution in [3.63, 3.8) is 0 Å². The Kier molecular flexibility index (Phi) is 6.62. The Morgan fingerprint density at radius 2 is 2.03 bits per heavy atom. The first-order valence-corrected chi connectivity index (χ1v) is 11.4. The zero-order chi connectivity index (χ0) is 22.7. The lowest BCUT2D eigenvalue weighted by molar-refractivity contribution is -0.385. The van der Waals surface area contributed by atoms with Crippen LogP contribution in [0.25, 0.3) is 5.78 Å². The van der Waals surface area contributed by atoms with Crippen molar-refractivity contribution < 1.29 is 4.92 Å². The Labute approximate surface area is 191 Å². The number of tetrazole rings is 1. The fraction of sp³-hybridized carbons (Fsp3) is 0.333. The van der Waals surface area contributed by atoms with Crippen LogP contribution < -0.4 is 0 Å². The molecule has 0 atom stereocenters. The molecule has 0 aliphatic rings. The van der Waals surface area contributed by atoms with Crippen molar-refractivity contribution in [3.05, 3.63) is 51.7 Å². The van der Waals surface area contributed by atoms with E-state index in [1.54, 1.807) is 27.4 Å². The molecule has 0 unspecified atom stereocenters. The average molecular weight is 473 g/mol. The Hall–Kier alpha value is -3.10. The van der Waals surface area contributed by atoms with Gasteiger partial charge in [0.1, 0.15) is 5.03 Å². The Balaban J connectivity index is 1.57. The van der Waals surface area contributed by atoms with Crippen molar-refractivity contribution in [2.45, 2.75) is 34.6 Å². The first kappa shape index (κ1) is 22.1. The summed E-state index contributed by atoms with van der Waals surface area (Å²) in [6.45, 7) is 3.34. The van der Waals surface area contributed by atoms with Crippen LogP contribution in [0.2, 0.25) is 0 Å². The van der Waals surface area contributed by atoms with Crippen molar-refractivity contribution in [1.82, 2.24) is 44.7 Å². The SMILES string of the molecule is Cc1cc(Sc2nnnn2CCN(C)C)n2nc(SCc3ccccc3[N+](=O)[O-])nc2n1.